The van der Waals surface area contributed by atoms with Crippen molar-refractivity contribution in [3.63, 3.8) is 0 Å². The molecule has 0 aliphatic rings. The number of amides is 1. The Morgan fingerprint density at radius 3 is 2.74 bits per heavy atom. The minimum Gasteiger partial charge on any atom is -0.464 e. The summed E-state index contributed by atoms with van der Waals surface area (Å²) in [5, 5.41) is 15.7. The minimum absolute atomic E-state index is 0.0130. The maximum Gasteiger partial charge on any atom is 0.422 e. The molecule has 0 aliphatic heterocycles. The van der Waals surface area contributed by atoms with Crippen LogP contribution in [-0.4, -0.2) is 64.1 Å². The number of aromatic nitrogens is 3. The molecular weight excluding hydrogens is 482 g/mol. The zero-order valence-electron chi connectivity index (χ0n) is 19.7. The Hall–Kier alpha value is -2.60. The van der Waals surface area contributed by atoms with Crippen molar-refractivity contribution in [3.8, 4) is 5.82 Å². The van der Waals surface area contributed by atoms with Crippen molar-refractivity contribution in [2.24, 2.45) is 7.05 Å². The highest BCUT2D eigenvalue weighted by atomic mass is 35.5. The number of carboxylic acid groups (broad SMARTS) is 1. The molecule has 1 aromatic carbocycles. The summed E-state index contributed by atoms with van der Waals surface area (Å²) in [5.41, 5.74) is 2.66. The van der Waals surface area contributed by atoms with E-state index in [-0.39, 0.29) is 25.8 Å². The first-order chi connectivity index (χ1) is 16.0. The maximum absolute atomic E-state index is 12.5. The van der Waals surface area contributed by atoms with Crippen molar-refractivity contribution in [2.45, 2.75) is 39.7 Å². The Labute approximate surface area is 204 Å². The minimum atomic E-state index is -4.20. The van der Waals surface area contributed by atoms with E-state index < -0.39 is 16.3 Å². The van der Waals surface area contributed by atoms with Gasteiger partial charge in [0.2, 0.25) is 0 Å². The van der Waals surface area contributed by atoms with Gasteiger partial charge in [-0.3, -0.25) is 4.68 Å². The molecule has 186 valence electrons. The SMILES string of the molecule is Cc1nn(C)c(-n2ccc3cc(Cl)ccc32)c1CCCN(C(=O)O)S(=O)(=O)NCCOC(C)C. The average Bonchev–Trinajstić information content (AvgIpc) is 3.26. The van der Waals surface area contributed by atoms with Gasteiger partial charge in [-0.15, -0.1) is 0 Å². The topological polar surface area (TPSA) is 119 Å². The number of rotatable bonds is 11. The Morgan fingerprint density at radius 1 is 1.32 bits per heavy atom. The fourth-order valence-electron chi connectivity index (χ4n) is 3.84. The van der Waals surface area contributed by atoms with E-state index in [9.17, 15) is 18.3 Å². The molecule has 0 atom stereocenters. The van der Waals surface area contributed by atoms with E-state index in [4.69, 9.17) is 16.3 Å². The molecule has 1 amide bonds. The third kappa shape index (κ3) is 5.90. The van der Waals surface area contributed by atoms with Gasteiger partial charge >= 0.3 is 16.3 Å². The average molecular weight is 512 g/mol. The van der Waals surface area contributed by atoms with Gasteiger partial charge in [0.05, 0.1) is 23.9 Å². The number of ether oxygens (including phenoxy) is 1. The highest BCUT2D eigenvalue weighted by molar-refractivity contribution is 7.87. The van der Waals surface area contributed by atoms with Gasteiger partial charge in [-0.25, -0.2) is 4.79 Å². The zero-order valence-corrected chi connectivity index (χ0v) is 21.2. The quantitative estimate of drug-likeness (QED) is 0.380. The molecule has 3 aromatic rings. The molecular formula is C22H30ClN5O5S. The first-order valence-corrected chi connectivity index (χ1v) is 12.7. The van der Waals surface area contributed by atoms with Crippen LogP contribution >= 0.6 is 11.6 Å². The Balaban J connectivity index is 1.75. The molecule has 0 saturated heterocycles. The molecule has 0 saturated carbocycles. The van der Waals surface area contributed by atoms with Gasteiger partial charge in [-0.05, 0) is 57.9 Å². The standard InChI is InChI=1S/C22H30ClN5O5S/c1-15(2)33-13-10-24-34(31,32)28(22(29)30)11-5-6-19-16(3)25-26(4)21(19)27-12-9-17-14-18(23)7-8-20(17)27/h7-9,12,14-15,24H,5-6,10-11,13H2,1-4H3,(H,29,30). The number of fused-ring (bicyclic) bond motifs is 1. The molecule has 2 heterocycles. The molecule has 2 N–H and O–H groups in total. The summed E-state index contributed by atoms with van der Waals surface area (Å²) in [6, 6.07) is 7.58. The first-order valence-electron chi connectivity index (χ1n) is 10.9. The number of hydrogen-bond acceptors (Lipinski definition) is 5. The van der Waals surface area contributed by atoms with Crippen molar-refractivity contribution in [2.75, 3.05) is 19.7 Å². The van der Waals surface area contributed by atoms with Crippen LogP contribution in [0.1, 0.15) is 31.5 Å². The summed E-state index contributed by atoms with van der Waals surface area (Å²) in [4.78, 5) is 11.7. The molecule has 0 radical (unpaired) electrons. The smallest absolute Gasteiger partial charge is 0.422 e. The van der Waals surface area contributed by atoms with Crippen LogP contribution in [0.3, 0.4) is 0 Å². The lowest BCUT2D eigenvalue weighted by Crippen LogP contribution is -2.45. The van der Waals surface area contributed by atoms with Crippen molar-refractivity contribution in [1.82, 2.24) is 23.4 Å². The molecule has 3 rings (SSSR count). The predicted octanol–water partition coefficient (Wildman–Crippen LogP) is 3.50. The number of carbonyl (C=O) groups is 1. The van der Waals surface area contributed by atoms with Crippen LogP contribution in [-0.2, 0) is 28.4 Å². The van der Waals surface area contributed by atoms with Gasteiger partial charge in [0, 0.05) is 42.3 Å². The fourth-order valence-corrected chi connectivity index (χ4v) is 5.10. The number of benzene rings is 1. The van der Waals surface area contributed by atoms with Crippen molar-refractivity contribution >= 4 is 38.8 Å². The molecule has 2 aromatic heterocycles. The lowest BCUT2D eigenvalue weighted by atomic mass is 10.1. The number of nitrogens with zero attached hydrogens (tertiary/aromatic N) is 4. The van der Waals surface area contributed by atoms with E-state index in [1.165, 1.54) is 0 Å². The Bertz CT molecular complexity index is 1270. The molecule has 12 heteroatoms. The van der Waals surface area contributed by atoms with E-state index in [0.717, 1.165) is 28.0 Å². The van der Waals surface area contributed by atoms with Crippen LogP contribution in [0.15, 0.2) is 30.5 Å². The summed E-state index contributed by atoms with van der Waals surface area (Å²) >= 11 is 6.11. The molecule has 0 aliphatic carbocycles. The summed E-state index contributed by atoms with van der Waals surface area (Å²) in [7, 11) is -2.36. The van der Waals surface area contributed by atoms with E-state index in [2.05, 4.69) is 9.82 Å². The number of hydrogen-bond donors (Lipinski definition) is 2. The van der Waals surface area contributed by atoms with E-state index >= 15 is 0 Å². The summed E-state index contributed by atoms with van der Waals surface area (Å²) in [6.07, 6.45) is 1.08. The summed E-state index contributed by atoms with van der Waals surface area (Å²) < 4.78 is 36.8. The van der Waals surface area contributed by atoms with Crippen LogP contribution in [0.25, 0.3) is 16.7 Å². The van der Waals surface area contributed by atoms with Gasteiger partial charge in [-0.2, -0.15) is 22.5 Å². The summed E-state index contributed by atoms with van der Waals surface area (Å²) in [5.74, 6) is 0.837. The second kappa shape index (κ2) is 10.8. The van der Waals surface area contributed by atoms with E-state index in [1.807, 2.05) is 62.8 Å². The van der Waals surface area contributed by atoms with E-state index in [0.29, 0.717) is 22.2 Å². The highest BCUT2D eigenvalue weighted by Crippen LogP contribution is 2.27. The molecule has 34 heavy (non-hydrogen) atoms. The van der Waals surface area contributed by atoms with Crippen LogP contribution in [0.2, 0.25) is 5.02 Å². The Kier molecular flexibility index (Phi) is 8.24. The monoisotopic (exact) mass is 511 g/mol. The van der Waals surface area contributed by atoms with Crippen LogP contribution in [0, 0.1) is 6.92 Å². The Morgan fingerprint density at radius 2 is 2.06 bits per heavy atom. The largest absolute Gasteiger partial charge is 0.464 e. The van der Waals surface area contributed by atoms with Crippen LogP contribution in [0.5, 0.6) is 0 Å². The summed E-state index contributed by atoms with van der Waals surface area (Å²) in [6.45, 7) is 5.49. The molecule has 10 nitrogen and oxygen atoms in total. The van der Waals surface area contributed by atoms with Crippen LogP contribution in [0.4, 0.5) is 4.79 Å². The van der Waals surface area contributed by atoms with E-state index in [1.54, 1.807) is 4.68 Å². The number of aryl methyl sites for hydroxylation is 2. The lowest BCUT2D eigenvalue weighted by Gasteiger charge is -2.20. The molecule has 0 fully saturated rings. The molecule has 0 spiro atoms. The van der Waals surface area contributed by atoms with Crippen LogP contribution < -0.4 is 4.72 Å². The normalized spacial score (nSPS) is 12.1. The van der Waals surface area contributed by atoms with Gasteiger partial charge in [0.1, 0.15) is 5.82 Å². The number of nitrogens with one attached hydrogen (secondary N) is 1. The van der Waals surface area contributed by atoms with Crippen molar-refractivity contribution < 1.29 is 23.1 Å². The predicted molar refractivity (Wildman–Crippen MR) is 131 cm³/mol. The molecule has 0 bridgehead atoms. The second-order valence-electron chi connectivity index (χ2n) is 8.18. The van der Waals surface area contributed by atoms with Crippen molar-refractivity contribution in [3.05, 3.63) is 46.7 Å². The fraction of sp³-hybridized carbons (Fsp3) is 0.455. The van der Waals surface area contributed by atoms with Gasteiger partial charge < -0.3 is 14.4 Å². The first kappa shape index (κ1) is 26.0. The lowest BCUT2D eigenvalue weighted by molar-refractivity contribution is 0.0831. The second-order valence-corrected chi connectivity index (χ2v) is 10.3. The maximum atomic E-state index is 12.5. The molecule has 0 unspecified atom stereocenters. The zero-order chi connectivity index (χ0) is 25.0. The highest BCUT2D eigenvalue weighted by Gasteiger charge is 2.27. The number of halogens is 1. The van der Waals surface area contributed by atoms with Gasteiger partial charge in [0.25, 0.3) is 0 Å². The van der Waals surface area contributed by atoms with Gasteiger partial charge in [0.15, 0.2) is 0 Å². The van der Waals surface area contributed by atoms with Gasteiger partial charge in [-0.1, -0.05) is 11.6 Å². The third-order valence-electron chi connectivity index (χ3n) is 5.32. The van der Waals surface area contributed by atoms with Crippen molar-refractivity contribution in [1.29, 1.82) is 0 Å². The third-order valence-corrected chi connectivity index (χ3v) is 7.05.